The molecule has 0 aliphatic rings. The van der Waals surface area contributed by atoms with Gasteiger partial charge >= 0.3 is 5.69 Å². The minimum absolute atomic E-state index is 0.0381. The van der Waals surface area contributed by atoms with Crippen LogP contribution in [0.2, 0.25) is 0 Å². The molecule has 1 aromatic heterocycles. The quantitative estimate of drug-likeness (QED) is 0.709. The van der Waals surface area contributed by atoms with Crippen LogP contribution in [0.5, 0.6) is 0 Å². The van der Waals surface area contributed by atoms with E-state index in [2.05, 4.69) is 16.7 Å². The van der Waals surface area contributed by atoms with Gasteiger partial charge in [0.15, 0.2) is 10.7 Å². The average molecular weight is 182 g/mol. The zero-order valence-corrected chi connectivity index (χ0v) is 7.54. The highest BCUT2D eigenvalue weighted by Gasteiger charge is 2.18. The molecule has 0 radical (unpaired) electrons. The van der Waals surface area contributed by atoms with Crippen molar-refractivity contribution in [1.29, 1.82) is 5.26 Å². The summed E-state index contributed by atoms with van der Waals surface area (Å²) in [6.07, 6.45) is 3.84. The van der Waals surface area contributed by atoms with Gasteiger partial charge in [0.25, 0.3) is 0 Å². The number of nitriles is 1. The van der Waals surface area contributed by atoms with Crippen LogP contribution in [-0.2, 0) is 6.42 Å². The lowest BCUT2D eigenvalue weighted by Gasteiger charge is -1.89. The number of aromatic nitrogens is 2. The third-order valence-corrected chi connectivity index (χ3v) is 1.86. The number of hydrogen-bond donors (Lipinski definition) is 1. The summed E-state index contributed by atoms with van der Waals surface area (Å²) in [5.41, 5.74) is 0.627. The Labute approximate surface area is 75.5 Å². The molecule has 0 spiro atoms. The van der Waals surface area contributed by atoms with E-state index < -0.39 is 0 Å². The van der Waals surface area contributed by atoms with Gasteiger partial charge in [-0.1, -0.05) is 29.6 Å². The summed E-state index contributed by atoms with van der Waals surface area (Å²) in [5, 5.41) is 11.0. The summed E-state index contributed by atoms with van der Waals surface area (Å²) in [6, 6.07) is 1.80. The number of nitrogens with zero attached hydrogens (tertiary/aromatic N) is 2. The summed E-state index contributed by atoms with van der Waals surface area (Å²) in [5.74, 6) is 0. The summed E-state index contributed by atoms with van der Waals surface area (Å²) in [4.78, 5) is 10.8. The number of H-pyrrole nitrogens is 1. The van der Waals surface area contributed by atoms with Gasteiger partial charge in [-0.15, -0.1) is 0 Å². The van der Waals surface area contributed by atoms with Crippen molar-refractivity contribution in [2.45, 2.75) is 32.6 Å². The van der Waals surface area contributed by atoms with E-state index in [1.165, 1.54) is 0 Å². The molecule has 1 N–H and O–H groups in total. The van der Waals surface area contributed by atoms with Crippen LogP contribution in [0.1, 0.15) is 37.6 Å². The first-order valence-electron chi connectivity index (χ1n) is 4.33. The third-order valence-electron chi connectivity index (χ3n) is 1.86. The molecule has 0 bridgehead atoms. The van der Waals surface area contributed by atoms with Gasteiger partial charge in [0.2, 0.25) is 5.69 Å². The SMILES string of the molecule is CCCCCc1[nH]o[n+](=O)c1C#N. The average Bonchev–Trinajstić information content (AvgIpc) is 2.47. The third kappa shape index (κ3) is 2.18. The van der Waals surface area contributed by atoms with E-state index in [1.54, 1.807) is 6.07 Å². The van der Waals surface area contributed by atoms with E-state index in [9.17, 15) is 4.91 Å². The molecule has 0 amide bonds. The Bertz CT molecular complexity index is 358. The van der Waals surface area contributed by atoms with Crippen molar-refractivity contribution in [3.05, 3.63) is 16.3 Å². The molecule has 0 unspecified atom stereocenters. The van der Waals surface area contributed by atoms with Crippen LogP contribution in [0.3, 0.4) is 0 Å². The number of rotatable bonds is 4. The molecule has 70 valence electrons. The van der Waals surface area contributed by atoms with Crippen molar-refractivity contribution in [3.63, 3.8) is 0 Å². The summed E-state index contributed by atoms with van der Waals surface area (Å²) in [6.45, 7) is 2.10. The van der Waals surface area contributed by atoms with E-state index in [4.69, 9.17) is 5.26 Å². The molecule has 5 nitrogen and oxygen atoms in total. The van der Waals surface area contributed by atoms with E-state index in [-0.39, 0.29) is 10.3 Å². The van der Waals surface area contributed by atoms with Crippen LogP contribution < -0.4 is 4.60 Å². The molecular formula is C8H12N3O2+. The smallest absolute Gasteiger partial charge is 0.188 e. The number of aromatic amines is 1. The lowest BCUT2D eigenvalue weighted by molar-refractivity contribution is -0.715. The van der Waals surface area contributed by atoms with Crippen LogP contribution in [0, 0.1) is 16.2 Å². The lowest BCUT2D eigenvalue weighted by atomic mass is 10.1. The molecule has 0 atom stereocenters. The van der Waals surface area contributed by atoms with Crippen LogP contribution in [-0.4, -0.2) is 5.16 Å². The van der Waals surface area contributed by atoms with Gasteiger partial charge < -0.3 is 0 Å². The highest BCUT2D eigenvalue weighted by Crippen LogP contribution is 2.05. The number of nitrogens with one attached hydrogen (secondary N) is 1. The Hall–Kier alpha value is -1.57. The molecule has 0 aromatic carbocycles. The number of unbranched alkanes of at least 4 members (excludes halogenated alkanes) is 2. The number of hydrogen-bond acceptors (Lipinski definition) is 3. The normalized spacial score (nSPS) is 9.85. The van der Waals surface area contributed by atoms with E-state index >= 15 is 0 Å². The van der Waals surface area contributed by atoms with Gasteiger partial charge in [-0.2, -0.15) is 5.26 Å². The minimum atomic E-state index is 0.0381. The molecule has 0 fully saturated rings. The van der Waals surface area contributed by atoms with E-state index in [1.807, 2.05) is 0 Å². The number of aryl methyl sites for hydroxylation is 1. The Morgan fingerprint density at radius 2 is 2.38 bits per heavy atom. The molecule has 13 heavy (non-hydrogen) atoms. The first-order chi connectivity index (χ1) is 6.29. The van der Waals surface area contributed by atoms with Crippen LogP contribution >= 0.6 is 0 Å². The maximum absolute atomic E-state index is 10.8. The highest BCUT2D eigenvalue weighted by atomic mass is 16.7. The maximum Gasteiger partial charge on any atom is 0.343 e. The standard InChI is InChI=1S/C8H12N3O2/c1-2-3-4-5-7-8(6-9)11(12)13-10-7/h10H,2-5H2,1H3/q+1. The largest absolute Gasteiger partial charge is 0.343 e. The van der Waals surface area contributed by atoms with Gasteiger partial charge in [0.1, 0.15) is 0 Å². The first-order valence-corrected chi connectivity index (χ1v) is 4.33. The molecule has 5 heteroatoms. The maximum atomic E-state index is 10.8. The van der Waals surface area contributed by atoms with Crippen molar-refractivity contribution < 1.29 is 9.23 Å². The van der Waals surface area contributed by atoms with Gasteiger partial charge in [0, 0.05) is 6.42 Å². The Kier molecular flexibility index (Phi) is 3.26. The Morgan fingerprint density at radius 3 is 3.00 bits per heavy atom. The lowest BCUT2D eigenvalue weighted by Crippen LogP contribution is -2.13. The monoisotopic (exact) mass is 182 g/mol. The molecule has 1 rings (SSSR count). The molecule has 0 aliphatic carbocycles. The molecule has 1 aromatic rings. The van der Waals surface area contributed by atoms with Crippen LogP contribution in [0.25, 0.3) is 0 Å². The van der Waals surface area contributed by atoms with E-state index in [0.717, 1.165) is 19.3 Å². The van der Waals surface area contributed by atoms with Gasteiger partial charge in [0.05, 0.1) is 0 Å². The second-order valence-corrected chi connectivity index (χ2v) is 2.85. The van der Waals surface area contributed by atoms with E-state index in [0.29, 0.717) is 12.1 Å². The Morgan fingerprint density at radius 1 is 1.62 bits per heavy atom. The fourth-order valence-corrected chi connectivity index (χ4v) is 1.13. The zero-order chi connectivity index (χ0) is 9.68. The van der Waals surface area contributed by atoms with Gasteiger partial charge in [-0.25, -0.2) is 0 Å². The topological polar surface area (TPSA) is 75.7 Å². The summed E-state index contributed by atoms with van der Waals surface area (Å²) >= 11 is 0. The highest BCUT2D eigenvalue weighted by molar-refractivity contribution is 5.18. The van der Waals surface area contributed by atoms with Crippen LogP contribution in [0.15, 0.2) is 4.63 Å². The second kappa shape index (κ2) is 4.45. The molecule has 0 saturated heterocycles. The Balaban J connectivity index is 2.67. The first kappa shape index (κ1) is 9.52. The van der Waals surface area contributed by atoms with Gasteiger partial charge in [-0.3, -0.25) is 0 Å². The van der Waals surface area contributed by atoms with Crippen molar-refractivity contribution in [2.24, 2.45) is 0 Å². The molecule has 0 saturated carbocycles. The summed E-state index contributed by atoms with van der Waals surface area (Å²) < 4.78 is 4.64. The van der Waals surface area contributed by atoms with Crippen molar-refractivity contribution in [1.82, 2.24) is 5.16 Å². The molecule has 0 aliphatic heterocycles. The van der Waals surface area contributed by atoms with Crippen molar-refractivity contribution >= 4 is 0 Å². The fourth-order valence-electron chi connectivity index (χ4n) is 1.13. The fraction of sp³-hybridized carbons (Fsp3) is 0.625. The van der Waals surface area contributed by atoms with Gasteiger partial charge in [-0.05, 0) is 11.3 Å². The molecule has 1 heterocycles. The minimum Gasteiger partial charge on any atom is -0.188 e. The second-order valence-electron chi connectivity index (χ2n) is 2.85. The summed E-state index contributed by atoms with van der Waals surface area (Å²) in [7, 11) is 0. The zero-order valence-electron chi connectivity index (χ0n) is 7.54. The van der Waals surface area contributed by atoms with Crippen LogP contribution in [0.4, 0.5) is 0 Å². The predicted octanol–water partition coefficient (Wildman–Crippen LogP) is 1.13. The van der Waals surface area contributed by atoms with Crippen molar-refractivity contribution in [3.8, 4) is 6.07 Å². The predicted molar refractivity (Wildman–Crippen MR) is 44.4 cm³/mol. The molecular weight excluding hydrogens is 170 g/mol. The van der Waals surface area contributed by atoms with Crippen molar-refractivity contribution in [2.75, 3.05) is 0 Å².